The summed E-state index contributed by atoms with van der Waals surface area (Å²) < 4.78 is 0. The van der Waals surface area contributed by atoms with Crippen LogP contribution in [-0.4, -0.2) is 11.8 Å². The fraction of sp³-hybridized carbons (Fsp3) is 0.318. The number of nitrogens with zero attached hydrogens (tertiary/aromatic N) is 1. The van der Waals surface area contributed by atoms with Gasteiger partial charge in [0, 0.05) is 5.69 Å². The summed E-state index contributed by atoms with van der Waals surface area (Å²) in [5.41, 5.74) is 1.62. The second-order valence-electron chi connectivity index (χ2n) is 7.98. The number of para-hydroxylation sites is 1. The van der Waals surface area contributed by atoms with Crippen LogP contribution in [0, 0.1) is 16.7 Å². The SMILES string of the molecule is CC(C)(C)c1ccc(NC(=O)C2(C(=O)Nc3ccccc3C#N)CC2)cc1. The number of rotatable bonds is 4. The first-order chi connectivity index (χ1) is 12.8. The fourth-order valence-corrected chi connectivity index (χ4v) is 2.92. The number of hydrogen-bond donors (Lipinski definition) is 2. The third kappa shape index (κ3) is 3.85. The van der Waals surface area contributed by atoms with Gasteiger partial charge in [-0.3, -0.25) is 9.59 Å². The van der Waals surface area contributed by atoms with Crippen LogP contribution < -0.4 is 10.6 Å². The van der Waals surface area contributed by atoms with Crippen molar-refractivity contribution in [3.05, 3.63) is 59.7 Å². The molecule has 0 heterocycles. The second kappa shape index (κ2) is 6.88. The molecule has 0 spiro atoms. The summed E-state index contributed by atoms with van der Waals surface area (Å²) in [6, 6.07) is 16.5. The summed E-state index contributed by atoms with van der Waals surface area (Å²) >= 11 is 0. The number of amides is 2. The summed E-state index contributed by atoms with van der Waals surface area (Å²) in [6.07, 6.45) is 0.999. The van der Waals surface area contributed by atoms with Gasteiger partial charge in [0.05, 0.1) is 11.3 Å². The first-order valence-electron chi connectivity index (χ1n) is 8.99. The highest BCUT2D eigenvalue weighted by molar-refractivity contribution is 6.17. The van der Waals surface area contributed by atoms with Gasteiger partial charge in [-0.05, 0) is 48.1 Å². The molecule has 138 valence electrons. The fourth-order valence-electron chi connectivity index (χ4n) is 2.92. The molecule has 0 radical (unpaired) electrons. The van der Waals surface area contributed by atoms with Gasteiger partial charge in [-0.1, -0.05) is 45.0 Å². The molecule has 5 nitrogen and oxygen atoms in total. The molecular formula is C22H23N3O2. The number of carbonyl (C=O) groups excluding carboxylic acids is 2. The minimum atomic E-state index is -1.06. The predicted molar refractivity (Wildman–Crippen MR) is 105 cm³/mol. The predicted octanol–water partition coefficient (Wildman–Crippen LogP) is 4.21. The van der Waals surface area contributed by atoms with E-state index in [0.29, 0.717) is 29.8 Å². The Hall–Kier alpha value is -3.13. The van der Waals surface area contributed by atoms with Crippen LogP contribution in [0.15, 0.2) is 48.5 Å². The molecule has 0 unspecified atom stereocenters. The third-order valence-electron chi connectivity index (χ3n) is 4.92. The van der Waals surface area contributed by atoms with Gasteiger partial charge in [-0.2, -0.15) is 5.26 Å². The molecule has 0 saturated heterocycles. The lowest BCUT2D eigenvalue weighted by atomic mass is 9.87. The molecule has 1 aliphatic carbocycles. The van der Waals surface area contributed by atoms with E-state index in [4.69, 9.17) is 5.26 Å². The lowest BCUT2D eigenvalue weighted by Crippen LogP contribution is -2.35. The first kappa shape index (κ1) is 18.7. The van der Waals surface area contributed by atoms with Crippen molar-refractivity contribution >= 4 is 23.2 Å². The minimum absolute atomic E-state index is 0.0360. The van der Waals surface area contributed by atoms with E-state index in [1.807, 2.05) is 30.3 Å². The number of nitriles is 1. The Morgan fingerprint density at radius 2 is 1.56 bits per heavy atom. The highest BCUT2D eigenvalue weighted by Gasteiger charge is 2.56. The lowest BCUT2D eigenvalue weighted by Gasteiger charge is -2.20. The van der Waals surface area contributed by atoms with Gasteiger partial charge in [0.25, 0.3) is 0 Å². The van der Waals surface area contributed by atoms with Crippen LogP contribution in [0.5, 0.6) is 0 Å². The summed E-state index contributed by atoms with van der Waals surface area (Å²) in [5.74, 6) is -0.674. The zero-order chi connectivity index (χ0) is 19.7. The molecule has 1 saturated carbocycles. The van der Waals surface area contributed by atoms with Crippen LogP contribution in [0.3, 0.4) is 0 Å². The smallest absolute Gasteiger partial charge is 0.240 e. The first-order valence-corrected chi connectivity index (χ1v) is 8.99. The van der Waals surface area contributed by atoms with Gasteiger partial charge in [-0.15, -0.1) is 0 Å². The van der Waals surface area contributed by atoms with Gasteiger partial charge in [0.15, 0.2) is 0 Å². The molecule has 2 N–H and O–H groups in total. The summed E-state index contributed by atoms with van der Waals surface area (Å²) in [7, 11) is 0. The molecule has 1 aliphatic rings. The Kier molecular flexibility index (Phi) is 4.75. The molecule has 0 bridgehead atoms. The van der Waals surface area contributed by atoms with Gasteiger partial charge in [0.2, 0.25) is 11.8 Å². The summed E-state index contributed by atoms with van der Waals surface area (Å²) in [4.78, 5) is 25.4. The van der Waals surface area contributed by atoms with E-state index >= 15 is 0 Å². The largest absolute Gasteiger partial charge is 0.325 e. The molecule has 5 heteroatoms. The van der Waals surface area contributed by atoms with E-state index in [9.17, 15) is 9.59 Å². The van der Waals surface area contributed by atoms with Gasteiger partial charge < -0.3 is 10.6 Å². The molecule has 3 rings (SSSR count). The Balaban J connectivity index is 1.71. The van der Waals surface area contributed by atoms with Crippen molar-refractivity contribution < 1.29 is 9.59 Å². The van der Waals surface area contributed by atoms with Crippen molar-refractivity contribution in [3.8, 4) is 6.07 Å². The molecule has 2 aromatic carbocycles. The van der Waals surface area contributed by atoms with Crippen LogP contribution in [0.4, 0.5) is 11.4 Å². The summed E-state index contributed by atoms with van der Waals surface area (Å²) in [6.45, 7) is 6.38. The normalized spacial score (nSPS) is 14.7. The zero-order valence-corrected chi connectivity index (χ0v) is 15.8. The molecule has 0 aliphatic heterocycles. The van der Waals surface area contributed by atoms with Crippen LogP contribution in [0.2, 0.25) is 0 Å². The maximum atomic E-state index is 12.7. The number of hydrogen-bond acceptors (Lipinski definition) is 3. The average Bonchev–Trinajstić information content (AvgIpc) is 3.44. The van der Waals surface area contributed by atoms with E-state index in [1.54, 1.807) is 24.3 Å². The van der Waals surface area contributed by atoms with Crippen LogP contribution >= 0.6 is 0 Å². The van der Waals surface area contributed by atoms with E-state index in [0.717, 1.165) is 0 Å². The molecule has 0 atom stereocenters. The number of benzene rings is 2. The molecule has 27 heavy (non-hydrogen) atoms. The van der Waals surface area contributed by atoms with Crippen molar-refractivity contribution in [2.75, 3.05) is 10.6 Å². The van der Waals surface area contributed by atoms with Crippen LogP contribution in [0.1, 0.15) is 44.7 Å². The Morgan fingerprint density at radius 3 is 2.11 bits per heavy atom. The van der Waals surface area contributed by atoms with E-state index in [2.05, 4.69) is 31.4 Å². The number of anilines is 2. The zero-order valence-electron chi connectivity index (χ0n) is 15.8. The van der Waals surface area contributed by atoms with Crippen LogP contribution in [-0.2, 0) is 15.0 Å². The van der Waals surface area contributed by atoms with E-state index < -0.39 is 5.41 Å². The molecular weight excluding hydrogens is 338 g/mol. The molecule has 1 fully saturated rings. The summed E-state index contributed by atoms with van der Waals surface area (Å²) in [5, 5.41) is 14.7. The Bertz CT molecular complexity index is 914. The molecule has 2 aromatic rings. The molecule has 0 aromatic heterocycles. The van der Waals surface area contributed by atoms with Crippen molar-refractivity contribution in [1.29, 1.82) is 5.26 Å². The standard InChI is InChI=1S/C22H23N3O2/c1-21(2,3)16-8-10-17(11-9-16)24-19(26)22(12-13-22)20(27)25-18-7-5-4-6-15(18)14-23/h4-11H,12-13H2,1-3H3,(H,24,26)(H,25,27). The van der Waals surface area contributed by atoms with Crippen molar-refractivity contribution in [1.82, 2.24) is 0 Å². The van der Waals surface area contributed by atoms with Crippen molar-refractivity contribution in [2.45, 2.75) is 39.0 Å². The third-order valence-corrected chi connectivity index (χ3v) is 4.92. The van der Waals surface area contributed by atoms with Gasteiger partial charge in [0.1, 0.15) is 11.5 Å². The van der Waals surface area contributed by atoms with Crippen molar-refractivity contribution in [2.24, 2.45) is 5.41 Å². The highest BCUT2D eigenvalue weighted by Crippen LogP contribution is 2.47. The second-order valence-corrected chi connectivity index (χ2v) is 7.98. The monoisotopic (exact) mass is 361 g/mol. The van der Waals surface area contributed by atoms with Gasteiger partial charge >= 0.3 is 0 Å². The van der Waals surface area contributed by atoms with Gasteiger partial charge in [-0.25, -0.2) is 0 Å². The highest BCUT2D eigenvalue weighted by atomic mass is 16.2. The maximum absolute atomic E-state index is 12.7. The van der Waals surface area contributed by atoms with E-state index in [1.165, 1.54) is 5.56 Å². The van der Waals surface area contributed by atoms with Crippen molar-refractivity contribution in [3.63, 3.8) is 0 Å². The maximum Gasteiger partial charge on any atom is 0.240 e. The minimum Gasteiger partial charge on any atom is -0.325 e. The Morgan fingerprint density at radius 1 is 0.963 bits per heavy atom. The number of carbonyl (C=O) groups is 2. The number of nitrogens with one attached hydrogen (secondary N) is 2. The quantitative estimate of drug-likeness (QED) is 0.800. The average molecular weight is 361 g/mol. The van der Waals surface area contributed by atoms with Crippen LogP contribution in [0.25, 0.3) is 0 Å². The molecule has 2 amide bonds. The lowest BCUT2D eigenvalue weighted by molar-refractivity contribution is -0.131. The Labute approximate surface area is 159 Å². The topological polar surface area (TPSA) is 82.0 Å². The van der Waals surface area contributed by atoms with E-state index in [-0.39, 0.29) is 17.2 Å².